The molecule has 1 aliphatic carbocycles. The van der Waals surface area contributed by atoms with Gasteiger partial charge in [0.1, 0.15) is 6.04 Å². The highest BCUT2D eigenvalue weighted by Gasteiger charge is 2.29. The van der Waals surface area contributed by atoms with Crippen LogP contribution in [0.25, 0.3) is 11.1 Å². The highest BCUT2D eigenvalue weighted by Crippen LogP contribution is 2.53. The Morgan fingerprint density at radius 2 is 1.85 bits per heavy atom. The van der Waals surface area contributed by atoms with Gasteiger partial charge in [-0.1, -0.05) is 75.8 Å². The predicted octanol–water partition coefficient (Wildman–Crippen LogP) is 7.93. The molecule has 0 spiro atoms. The fraction of sp³-hybridized carbons (Fsp3) is 0.562. The summed E-state index contributed by atoms with van der Waals surface area (Å²) in [5, 5.41) is 2.92. The number of methoxy groups -OCH3 is 1. The van der Waals surface area contributed by atoms with E-state index in [1.807, 2.05) is 49.6 Å². The van der Waals surface area contributed by atoms with E-state index in [4.69, 9.17) is 4.74 Å². The number of nitrogens with one attached hydrogen (secondary N) is 1. The van der Waals surface area contributed by atoms with E-state index in [0.29, 0.717) is 24.1 Å². The Morgan fingerprint density at radius 3 is 2.51 bits per heavy atom. The Balaban J connectivity index is 1.95. The first kappa shape index (κ1) is 31.5. The molecule has 2 unspecified atom stereocenters. The number of esters is 1. The zero-order chi connectivity index (χ0) is 28.3. The number of carbonyl (C=O) groups excluding carboxylic acids is 2. The van der Waals surface area contributed by atoms with Gasteiger partial charge in [-0.2, -0.15) is 11.8 Å². The lowest BCUT2D eigenvalue weighted by atomic mass is 9.91. The molecule has 0 aliphatic heterocycles. The first-order valence-corrected chi connectivity index (χ1v) is 18.1. The summed E-state index contributed by atoms with van der Waals surface area (Å²) in [6.45, 7) is 4.20. The van der Waals surface area contributed by atoms with Gasteiger partial charge in [0.25, 0.3) is 5.91 Å². The summed E-state index contributed by atoms with van der Waals surface area (Å²) in [6.07, 6.45) is 12.9. The van der Waals surface area contributed by atoms with E-state index in [0.717, 1.165) is 53.2 Å². The Bertz CT molecular complexity index is 1140. The maximum atomic E-state index is 14.4. The number of unbranched alkanes of at least 4 members (excludes halogenated alkanes) is 1. The van der Waals surface area contributed by atoms with Gasteiger partial charge in [0.05, 0.1) is 14.3 Å². The Morgan fingerprint density at radius 1 is 1.10 bits per heavy atom. The van der Waals surface area contributed by atoms with E-state index < -0.39 is 19.2 Å². The second-order valence-corrected chi connectivity index (χ2v) is 15.2. The van der Waals surface area contributed by atoms with Crippen molar-refractivity contribution >= 4 is 30.8 Å². The number of thioether (sulfide) groups is 1. The number of aryl methyl sites for hydroxylation is 1. The van der Waals surface area contributed by atoms with Crippen LogP contribution in [0.2, 0.25) is 0 Å². The topological polar surface area (TPSA) is 72.5 Å². The SMILES string of the molecule is CCCCP(=O)(Cc1ccc(C(=O)NC(CCSC)C(=O)OC)c(-c2ccccc2C)c1)CC1CCCCC1. The summed E-state index contributed by atoms with van der Waals surface area (Å²) < 4.78 is 19.3. The zero-order valence-electron chi connectivity index (χ0n) is 24.2. The van der Waals surface area contributed by atoms with E-state index in [9.17, 15) is 14.2 Å². The molecule has 214 valence electrons. The normalized spacial score (nSPS) is 16.3. The molecular formula is C32H46NO4PS. The van der Waals surface area contributed by atoms with Gasteiger partial charge in [-0.15, -0.1) is 0 Å². The number of carbonyl (C=O) groups is 2. The van der Waals surface area contributed by atoms with Crippen LogP contribution in [0.5, 0.6) is 0 Å². The maximum absolute atomic E-state index is 14.4. The molecule has 2 aromatic carbocycles. The average molecular weight is 572 g/mol. The number of ether oxygens (including phenoxy) is 1. The van der Waals surface area contributed by atoms with Crippen LogP contribution in [-0.2, 0) is 20.3 Å². The third kappa shape index (κ3) is 9.25. The van der Waals surface area contributed by atoms with E-state index in [1.54, 1.807) is 11.8 Å². The van der Waals surface area contributed by atoms with Crippen molar-refractivity contribution in [3.8, 4) is 11.1 Å². The average Bonchev–Trinajstić information content (AvgIpc) is 2.94. The molecule has 5 nitrogen and oxygen atoms in total. The van der Waals surface area contributed by atoms with Crippen molar-refractivity contribution in [3.05, 3.63) is 59.2 Å². The molecule has 0 saturated heterocycles. The second kappa shape index (κ2) is 15.7. The third-order valence-electron chi connectivity index (χ3n) is 7.87. The van der Waals surface area contributed by atoms with Crippen molar-refractivity contribution in [1.29, 1.82) is 0 Å². The van der Waals surface area contributed by atoms with Crippen LogP contribution in [0, 0.1) is 12.8 Å². The number of hydrogen-bond donors (Lipinski definition) is 1. The van der Waals surface area contributed by atoms with Crippen molar-refractivity contribution in [2.75, 3.05) is 31.4 Å². The van der Waals surface area contributed by atoms with Crippen LogP contribution in [0.15, 0.2) is 42.5 Å². The quantitative estimate of drug-likeness (QED) is 0.184. The summed E-state index contributed by atoms with van der Waals surface area (Å²) in [6, 6.07) is 13.2. The monoisotopic (exact) mass is 571 g/mol. The molecule has 0 aromatic heterocycles. The lowest BCUT2D eigenvalue weighted by Crippen LogP contribution is -2.42. The van der Waals surface area contributed by atoms with Crippen LogP contribution in [0.3, 0.4) is 0 Å². The minimum absolute atomic E-state index is 0.298. The van der Waals surface area contributed by atoms with Crippen molar-refractivity contribution in [2.45, 2.75) is 77.4 Å². The summed E-state index contributed by atoms with van der Waals surface area (Å²) in [4.78, 5) is 25.9. The largest absolute Gasteiger partial charge is 0.467 e. The van der Waals surface area contributed by atoms with Gasteiger partial charge in [0.2, 0.25) is 0 Å². The minimum atomic E-state index is -2.40. The first-order valence-electron chi connectivity index (χ1n) is 14.4. The highest BCUT2D eigenvalue weighted by atomic mass is 32.2. The summed E-state index contributed by atoms with van der Waals surface area (Å²) in [5.74, 6) is 0.565. The Hall–Kier alpha value is -2.04. The lowest BCUT2D eigenvalue weighted by Gasteiger charge is -2.27. The van der Waals surface area contributed by atoms with Crippen molar-refractivity contribution in [3.63, 3.8) is 0 Å². The standard InChI is InChI=1S/C32H46NO4PS/c1-5-6-19-38(36,22-25-13-8-7-9-14-25)23-26-16-17-28(29(21-26)27-15-11-10-12-24(27)2)31(34)33-30(18-20-39-4)32(35)37-3/h10-12,15-17,21,25,30H,5-9,13-14,18-20,22-23H2,1-4H3,(H,33,34). The molecule has 1 saturated carbocycles. The molecule has 0 bridgehead atoms. The number of hydrogen-bond acceptors (Lipinski definition) is 5. The van der Waals surface area contributed by atoms with Gasteiger partial charge in [-0.3, -0.25) is 4.79 Å². The molecule has 7 heteroatoms. The molecular weight excluding hydrogens is 525 g/mol. The maximum Gasteiger partial charge on any atom is 0.328 e. The molecule has 0 radical (unpaired) electrons. The van der Waals surface area contributed by atoms with Crippen molar-refractivity contribution in [2.24, 2.45) is 5.92 Å². The van der Waals surface area contributed by atoms with Crippen molar-refractivity contribution in [1.82, 2.24) is 5.32 Å². The fourth-order valence-corrected chi connectivity index (χ4v) is 9.70. The van der Waals surface area contributed by atoms with Gasteiger partial charge in [-0.25, -0.2) is 4.79 Å². The molecule has 39 heavy (non-hydrogen) atoms. The summed E-state index contributed by atoms with van der Waals surface area (Å²) >= 11 is 1.62. The molecule has 1 fully saturated rings. The van der Waals surface area contributed by atoms with E-state index >= 15 is 0 Å². The molecule has 1 aliphatic rings. The molecule has 1 amide bonds. The second-order valence-electron chi connectivity index (χ2n) is 11.0. The van der Waals surface area contributed by atoms with Crippen LogP contribution in [0.4, 0.5) is 0 Å². The smallest absolute Gasteiger partial charge is 0.328 e. The van der Waals surface area contributed by atoms with Crippen molar-refractivity contribution < 1.29 is 18.9 Å². The van der Waals surface area contributed by atoms with E-state index in [1.165, 1.54) is 39.2 Å². The molecule has 2 atom stereocenters. The number of rotatable bonds is 14. The molecule has 2 aromatic rings. The molecule has 3 rings (SSSR count). The Kier molecular flexibility index (Phi) is 12.7. The predicted molar refractivity (Wildman–Crippen MR) is 165 cm³/mol. The summed E-state index contributed by atoms with van der Waals surface area (Å²) in [5.41, 5.74) is 4.39. The molecule has 0 heterocycles. The van der Waals surface area contributed by atoms with Gasteiger partial charge in [0, 0.05) is 24.0 Å². The lowest BCUT2D eigenvalue weighted by molar-refractivity contribution is -0.142. The molecule has 1 N–H and O–H groups in total. The summed E-state index contributed by atoms with van der Waals surface area (Å²) in [7, 11) is -1.06. The first-order chi connectivity index (χ1) is 18.8. The van der Waals surface area contributed by atoms with Crippen LogP contribution in [-0.4, -0.2) is 49.4 Å². The minimum Gasteiger partial charge on any atom is -0.467 e. The van der Waals surface area contributed by atoms with Gasteiger partial charge < -0.3 is 14.6 Å². The van der Waals surface area contributed by atoms with Crippen LogP contribution >= 0.6 is 18.9 Å². The number of benzene rings is 2. The van der Waals surface area contributed by atoms with Crippen LogP contribution < -0.4 is 5.32 Å². The Labute approximate surface area is 239 Å². The third-order valence-corrected chi connectivity index (χ3v) is 11.8. The zero-order valence-corrected chi connectivity index (χ0v) is 25.9. The highest BCUT2D eigenvalue weighted by molar-refractivity contribution is 7.98. The van der Waals surface area contributed by atoms with Gasteiger partial charge in [-0.05, 0) is 72.1 Å². The van der Waals surface area contributed by atoms with E-state index in [-0.39, 0.29) is 5.91 Å². The van der Waals surface area contributed by atoms with Gasteiger partial charge in [0.15, 0.2) is 0 Å². The van der Waals surface area contributed by atoms with Gasteiger partial charge >= 0.3 is 5.97 Å². The fourth-order valence-electron chi connectivity index (χ4n) is 5.70. The van der Waals surface area contributed by atoms with E-state index in [2.05, 4.69) is 18.3 Å². The number of amides is 1. The van der Waals surface area contributed by atoms with Crippen LogP contribution in [0.1, 0.15) is 79.8 Å².